The highest BCUT2D eigenvalue weighted by molar-refractivity contribution is 5.93. The van der Waals surface area contributed by atoms with Crippen LogP contribution in [0.4, 0.5) is 8.78 Å². The Morgan fingerprint density at radius 3 is 2.62 bits per heavy atom. The number of carbonyl (C=O) groups is 1. The first-order chi connectivity index (χ1) is 13.8. The van der Waals surface area contributed by atoms with Crippen LogP contribution in [0.15, 0.2) is 36.7 Å². The third-order valence-electron chi connectivity index (χ3n) is 4.59. The number of halogens is 2. The lowest BCUT2D eigenvalue weighted by molar-refractivity contribution is 0.0820. The van der Waals surface area contributed by atoms with Gasteiger partial charge in [0, 0.05) is 56.6 Å². The summed E-state index contributed by atoms with van der Waals surface area (Å²) >= 11 is 0. The van der Waals surface area contributed by atoms with Crippen molar-refractivity contribution in [1.29, 1.82) is 0 Å². The first kappa shape index (κ1) is 20.6. The van der Waals surface area contributed by atoms with Crippen molar-refractivity contribution in [3.63, 3.8) is 0 Å². The van der Waals surface area contributed by atoms with Crippen LogP contribution in [0.25, 0.3) is 11.3 Å². The van der Waals surface area contributed by atoms with Gasteiger partial charge in [-0.15, -0.1) is 0 Å². The summed E-state index contributed by atoms with van der Waals surface area (Å²) < 4.78 is 29.9. The van der Waals surface area contributed by atoms with Crippen molar-refractivity contribution in [2.45, 2.75) is 26.5 Å². The maximum Gasteiger partial charge on any atom is 0.274 e. The molecule has 2 heterocycles. The minimum absolute atomic E-state index is 0.0490. The number of amides is 1. The second-order valence-electron chi connectivity index (χ2n) is 6.83. The molecule has 0 fully saturated rings. The van der Waals surface area contributed by atoms with Crippen molar-refractivity contribution in [3.8, 4) is 11.3 Å². The van der Waals surface area contributed by atoms with E-state index in [0.29, 0.717) is 29.1 Å². The zero-order valence-electron chi connectivity index (χ0n) is 16.5. The second-order valence-corrected chi connectivity index (χ2v) is 6.83. The Morgan fingerprint density at radius 2 is 1.97 bits per heavy atom. The van der Waals surface area contributed by atoms with Crippen LogP contribution in [0.1, 0.15) is 34.1 Å². The van der Waals surface area contributed by atoms with Crippen molar-refractivity contribution in [1.82, 2.24) is 19.7 Å². The number of pyridine rings is 1. The number of nitrogens with zero attached hydrogens (tertiary/aromatic N) is 4. The predicted molar refractivity (Wildman–Crippen MR) is 104 cm³/mol. The summed E-state index contributed by atoms with van der Waals surface area (Å²) in [7, 11) is 3.29. The number of aliphatic hydroxyl groups is 1. The summed E-state index contributed by atoms with van der Waals surface area (Å²) in [5.74, 6) is -1.81. The average molecular weight is 400 g/mol. The van der Waals surface area contributed by atoms with Gasteiger partial charge in [0.15, 0.2) is 5.69 Å². The summed E-state index contributed by atoms with van der Waals surface area (Å²) in [5, 5.41) is 14.0. The molecule has 0 bridgehead atoms. The summed E-state index contributed by atoms with van der Waals surface area (Å²) in [6, 6.07) is 5.33. The molecule has 29 heavy (non-hydrogen) atoms. The van der Waals surface area contributed by atoms with E-state index in [9.17, 15) is 18.7 Å². The molecule has 1 N–H and O–H groups in total. The highest BCUT2D eigenvalue weighted by Gasteiger charge is 2.22. The number of hydrogen-bond acceptors (Lipinski definition) is 4. The largest absolute Gasteiger partial charge is 0.392 e. The quantitative estimate of drug-likeness (QED) is 0.691. The predicted octanol–water partition coefficient (Wildman–Crippen LogP) is 3.03. The highest BCUT2D eigenvalue weighted by atomic mass is 19.1. The molecule has 8 heteroatoms. The zero-order chi connectivity index (χ0) is 21.1. The van der Waals surface area contributed by atoms with Crippen molar-refractivity contribution in [3.05, 3.63) is 70.7 Å². The maximum atomic E-state index is 14.6. The van der Waals surface area contributed by atoms with E-state index < -0.39 is 18.2 Å². The van der Waals surface area contributed by atoms with Gasteiger partial charge < -0.3 is 10.0 Å². The van der Waals surface area contributed by atoms with Crippen LogP contribution >= 0.6 is 0 Å². The van der Waals surface area contributed by atoms with E-state index in [-0.39, 0.29) is 23.5 Å². The standard InChI is InChI=1S/C21H22F2N4O2/c1-4-27-11-14(20(25-27)21(29)26(2)3)8-13-6-5-7-24-19(13)18-15(12-28)9-16(22)10-17(18)23/h5-7,9-11,28H,4,8,12H2,1-3H3. The van der Waals surface area contributed by atoms with Gasteiger partial charge in [0.25, 0.3) is 5.91 Å². The van der Waals surface area contributed by atoms with E-state index in [2.05, 4.69) is 10.1 Å². The molecule has 0 atom stereocenters. The molecule has 0 saturated heterocycles. The number of hydrogen-bond donors (Lipinski definition) is 1. The van der Waals surface area contributed by atoms with Crippen LogP contribution < -0.4 is 0 Å². The molecule has 0 unspecified atom stereocenters. The third kappa shape index (κ3) is 4.17. The molecule has 0 aliphatic carbocycles. The Labute approximate surface area is 167 Å². The molecule has 6 nitrogen and oxygen atoms in total. The summed E-state index contributed by atoms with van der Waals surface area (Å²) in [4.78, 5) is 18.3. The number of carbonyl (C=O) groups excluding carboxylic acids is 1. The van der Waals surface area contributed by atoms with Gasteiger partial charge in [-0.05, 0) is 30.2 Å². The summed E-state index contributed by atoms with van der Waals surface area (Å²) in [6.07, 6.45) is 3.56. The van der Waals surface area contributed by atoms with Crippen LogP contribution in [0.2, 0.25) is 0 Å². The normalized spacial score (nSPS) is 11.0. The number of benzene rings is 1. The van der Waals surface area contributed by atoms with E-state index >= 15 is 0 Å². The van der Waals surface area contributed by atoms with Gasteiger partial charge in [0.05, 0.1) is 12.3 Å². The highest BCUT2D eigenvalue weighted by Crippen LogP contribution is 2.31. The van der Waals surface area contributed by atoms with Crippen LogP contribution in [-0.4, -0.2) is 44.8 Å². The monoisotopic (exact) mass is 400 g/mol. The van der Waals surface area contributed by atoms with Gasteiger partial charge in [0.2, 0.25) is 0 Å². The second kappa shape index (κ2) is 8.48. The zero-order valence-corrected chi connectivity index (χ0v) is 16.5. The molecule has 0 spiro atoms. The molecule has 2 aromatic heterocycles. The van der Waals surface area contributed by atoms with E-state index in [1.54, 1.807) is 37.1 Å². The maximum absolute atomic E-state index is 14.6. The lowest BCUT2D eigenvalue weighted by atomic mass is 9.96. The molecule has 3 rings (SSSR count). The van der Waals surface area contributed by atoms with E-state index in [1.807, 2.05) is 6.92 Å². The first-order valence-corrected chi connectivity index (χ1v) is 9.16. The minimum atomic E-state index is -0.803. The van der Waals surface area contributed by atoms with Gasteiger partial charge in [-0.2, -0.15) is 5.10 Å². The van der Waals surface area contributed by atoms with Crippen LogP contribution in [0.5, 0.6) is 0 Å². The number of aromatic nitrogens is 3. The van der Waals surface area contributed by atoms with Crippen molar-refractivity contribution in [2.75, 3.05) is 14.1 Å². The molecular formula is C21H22F2N4O2. The SMILES string of the molecule is CCn1cc(Cc2cccnc2-c2c(F)cc(F)cc2CO)c(C(=O)N(C)C)n1. The van der Waals surface area contributed by atoms with Gasteiger partial charge in [-0.3, -0.25) is 14.5 Å². The van der Waals surface area contributed by atoms with E-state index in [1.165, 1.54) is 11.1 Å². The fourth-order valence-corrected chi connectivity index (χ4v) is 3.17. The lowest BCUT2D eigenvalue weighted by Crippen LogP contribution is -2.23. The van der Waals surface area contributed by atoms with Gasteiger partial charge in [-0.1, -0.05) is 6.07 Å². The Bertz CT molecular complexity index is 1050. The average Bonchev–Trinajstić information content (AvgIpc) is 3.10. The molecule has 1 amide bonds. The molecule has 0 saturated carbocycles. The molecule has 152 valence electrons. The lowest BCUT2D eigenvalue weighted by Gasteiger charge is -2.14. The topological polar surface area (TPSA) is 71.2 Å². The van der Waals surface area contributed by atoms with Crippen LogP contribution in [-0.2, 0) is 19.6 Å². The van der Waals surface area contributed by atoms with Gasteiger partial charge in [-0.25, -0.2) is 8.78 Å². The molecule has 0 radical (unpaired) electrons. The summed E-state index contributed by atoms with van der Waals surface area (Å²) in [5.41, 5.74) is 2.07. The van der Waals surface area contributed by atoms with Crippen LogP contribution in [0.3, 0.4) is 0 Å². The van der Waals surface area contributed by atoms with E-state index in [4.69, 9.17) is 0 Å². The Kier molecular flexibility index (Phi) is 6.03. The van der Waals surface area contributed by atoms with Gasteiger partial charge >= 0.3 is 0 Å². The number of aryl methyl sites for hydroxylation is 1. The van der Waals surface area contributed by atoms with Crippen molar-refractivity contribution in [2.24, 2.45) is 0 Å². The fourth-order valence-electron chi connectivity index (χ4n) is 3.17. The number of rotatable bonds is 6. The smallest absolute Gasteiger partial charge is 0.274 e. The molecule has 1 aromatic carbocycles. The van der Waals surface area contributed by atoms with Crippen LogP contribution in [0, 0.1) is 11.6 Å². The summed E-state index contributed by atoms with van der Waals surface area (Å²) in [6.45, 7) is 1.98. The molecule has 3 aromatic rings. The molecular weight excluding hydrogens is 378 g/mol. The fraction of sp³-hybridized carbons (Fsp3) is 0.286. The van der Waals surface area contributed by atoms with Gasteiger partial charge in [0.1, 0.15) is 11.6 Å². The third-order valence-corrected chi connectivity index (χ3v) is 4.59. The molecule has 0 aliphatic rings. The number of aliphatic hydroxyl groups excluding tert-OH is 1. The van der Waals surface area contributed by atoms with Crippen molar-refractivity contribution < 1.29 is 18.7 Å². The van der Waals surface area contributed by atoms with Crippen molar-refractivity contribution >= 4 is 5.91 Å². The Hall–Kier alpha value is -3.13. The molecule has 0 aliphatic heterocycles. The Morgan fingerprint density at radius 1 is 1.21 bits per heavy atom. The Balaban J connectivity index is 2.11. The first-order valence-electron chi connectivity index (χ1n) is 9.16. The minimum Gasteiger partial charge on any atom is -0.392 e. The van der Waals surface area contributed by atoms with E-state index in [0.717, 1.165) is 12.1 Å².